The van der Waals surface area contributed by atoms with Gasteiger partial charge in [-0.15, -0.1) is 0 Å². The topological polar surface area (TPSA) is 67.2 Å². The maximum absolute atomic E-state index is 11.5. The van der Waals surface area contributed by atoms with Crippen molar-refractivity contribution < 1.29 is 4.79 Å². The normalized spacial score (nSPS) is 26.3. The summed E-state index contributed by atoms with van der Waals surface area (Å²) in [6.45, 7) is 3.44. The summed E-state index contributed by atoms with van der Waals surface area (Å²) in [6, 6.07) is 0.692. The smallest absolute Gasteiger partial charge is 0.234 e. The highest BCUT2D eigenvalue weighted by molar-refractivity contribution is 5.78. The van der Waals surface area contributed by atoms with Crippen LogP contribution in [0.3, 0.4) is 0 Å². The summed E-state index contributed by atoms with van der Waals surface area (Å²) in [5.41, 5.74) is 5.80. The van der Waals surface area contributed by atoms with Crippen molar-refractivity contribution >= 4 is 5.91 Å². The highest BCUT2D eigenvalue weighted by atomic mass is 16.1. The number of nitrogens with two attached hydrogens (primary N) is 1. The molecule has 1 saturated carbocycles. The third-order valence-corrected chi connectivity index (χ3v) is 2.85. The third-order valence-electron chi connectivity index (χ3n) is 2.85. The van der Waals surface area contributed by atoms with Crippen molar-refractivity contribution in [2.24, 2.45) is 5.73 Å². The molecular weight excluding hydrogens is 190 g/mol. The zero-order valence-corrected chi connectivity index (χ0v) is 9.59. The molecule has 0 radical (unpaired) electrons. The standard InChI is InChI=1S/C11H23N3O/c1-2-7-13-8-11(15)14-10-5-3-9(12)4-6-10/h9-10,13H,2-8,12H2,1H3,(H,14,15). The van der Waals surface area contributed by atoms with E-state index < -0.39 is 0 Å². The van der Waals surface area contributed by atoms with E-state index in [0.29, 0.717) is 18.6 Å². The van der Waals surface area contributed by atoms with Crippen molar-refractivity contribution in [1.29, 1.82) is 0 Å². The Kier molecular flexibility index (Phi) is 5.65. The minimum Gasteiger partial charge on any atom is -0.352 e. The second-order valence-corrected chi connectivity index (χ2v) is 4.36. The lowest BCUT2D eigenvalue weighted by molar-refractivity contribution is -0.121. The first kappa shape index (κ1) is 12.5. The van der Waals surface area contributed by atoms with E-state index >= 15 is 0 Å². The summed E-state index contributed by atoms with van der Waals surface area (Å²) < 4.78 is 0. The van der Waals surface area contributed by atoms with Crippen LogP contribution in [-0.2, 0) is 4.79 Å². The van der Waals surface area contributed by atoms with Crippen LogP contribution in [0, 0.1) is 0 Å². The fourth-order valence-electron chi connectivity index (χ4n) is 1.92. The highest BCUT2D eigenvalue weighted by Crippen LogP contribution is 2.16. The van der Waals surface area contributed by atoms with Gasteiger partial charge in [-0.05, 0) is 38.6 Å². The molecular formula is C11H23N3O. The second kappa shape index (κ2) is 6.80. The first-order chi connectivity index (χ1) is 7.22. The first-order valence-corrected chi connectivity index (χ1v) is 5.98. The summed E-state index contributed by atoms with van der Waals surface area (Å²) in [5.74, 6) is 0.115. The van der Waals surface area contributed by atoms with Crippen LogP contribution in [0.15, 0.2) is 0 Å². The van der Waals surface area contributed by atoms with E-state index in [2.05, 4.69) is 17.6 Å². The summed E-state index contributed by atoms with van der Waals surface area (Å²) in [6.07, 6.45) is 5.19. The minimum absolute atomic E-state index is 0.115. The fourth-order valence-corrected chi connectivity index (χ4v) is 1.92. The van der Waals surface area contributed by atoms with E-state index in [1.807, 2.05) is 0 Å². The summed E-state index contributed by atoms with van der Waals surface area (Å²) >= 11 is 0. The lowest BCUT2D eigenvalue weighted by Crippen LogP contribution is -2.43. The Morgan fingerprint density at radius 2 is 2.00 bits per heavy atom. The van der Waals surface area contributed by atoms with Crippen LogP contribution in [0.5, 0.6) is 0 Å². The number of carbonyl (C=O) groups excluding carboxylic acids is 1. The Balaban J connectivity index is 2.09. The van der Waals surface area contributed by atoms with Gasteiger partial charge in [-0.3, -0.25) is 4.79 Å². The van der Waals surface area contributed by atoms with Gasteiger partial charge in [0.15, 0.2) is 0 Å². The monoisotopic (exact) mass is 213 g/mol. The van der Waals surface area contributed by atoms with Crippen LogP contribution in [-0.4, -0.2) is 31.1 Å². The Morgan fingerprint density at radius 3 is 2.60 bits per heavy atom. The van der Waals surface area contributed by atoms with E-state index in [4.69, 9.17) is 5.73 Å². The number of hydrogen-bond donors (Lipinski definition) is 3. The molecule has 4 nitrogen and oxygen atoms in total. The Hall–Kier alpha value is -0.610. The molecule has 0 atom stereocenters. The molecule has 0 heterocycles. The Labute approximate surface area is 92.0 Å². The maximum atomic E-state index is 11.5. The highest BCUT2D eigenvalue weighted by Gasteiger charge is 2.19. The van der Waals surface area contributed by atoms with Gasteiger partial charge in [0.2, 0.25) is 5.91 Å². The van der Waals surface area contributed by atoms with Gasteiger partial charge in [0.25, 0.3) is 0 Å². The molecule has 4 N–H and O–H groups in total. The van der Waals surface area contributed by atoms with Gasteiger partial charge in [-0.2, -0.15) is 0 Å². The molecule has 0 aromatic rings. The summed E-state index contributed by atoms with van der Waals surface area (Å²) in [7, 11) is 0. The molecule has 0 aromatic carbocycles. The van der Waals surface area contributed by atoms with Crippen molar-refractivity contribution in [3.05, 3.63) is 0 Å². The van der Waals surface area contributed by atoms with Crippen LogP contribution in [0.1, 0.15) is 39.0 Å². The molecule has 1 aliphatic carbocycles. The zero-order valence-electron chi connectivity index (χ0n) is 9.59. The lowest BCUT2D eigenvalue weighted by atomic mass is 9.92. The van der Waals surface area contributed by atoms with Gasteiger partial charge in [0, 0.05) is 12.1 Å². The molecule has 1 fully saturated rings. The van der Waals surface area contributed by atoms with Crippen LogP contribution >= 0.6 is 0 Å². The van der Waals surface area contributed by atoms with Crippen molar-refractivity contribution in [1.82, 2.24) is 10.6 Å². The maximum Gasteiger partial charge on any atom is 0.234 e. The first-order valence-electron chi connectivity index (χ1n) is 5.98. The molecule has 0 saturated heterocycles. The number of carbonyl (C=O) groups is 1. The van der Waals surface area contributed by atoms with Gasteiger partial charge in [-0.25, -0.2) is 0 Å². The lowest BCUT2D eigenvalue weighted by Gasteiger charge is -2.26. The number of hydrogen-bond acceptors (Lipinski definition) is 3. The van der Waals surface area contributed by atoms with Gasteiger partial charge in [0.1, 0.15) is 0 Å². The molecule has 15 heavy (non-hydrogen) atoms. The number of amides is 1. The average Bonchev–Trinajstić information content (AvgIpc) is 2.22. The Morgan fingerprint density at radius 1 is 1.33 bits per heavy atom. The molecule has 0 bridgehead atoms. The summed E-state index contributed by atoms with van der Waals surface area (Å²) in [4.78, 5) is 11.5. The SMILES string of the molecule is CCCNCC(=O)NC1CCC(N)CC1. The van der Waals surface area contributed by atoms with Crippen molar-refractivity contribution in [2.45, 2.75) is 51.1 Å². The van der Waals surface area contributed by atoms with Gasteiger partial charge in [-0.1, -0.05) is 6.92 Å². The fraction of sp³-hybridized carbons (Fsp3) is 0.909. The molecule has 0 unspecified atom stereocenters. The van der Waals surface area contributed by atoms with Crippen molar-refractivity contribution in [3.63, 3.8) is 0 Å². The van der Waals surface area contributed by atoms with Crippen LogP contribution < -0.4 is 16.4 Å². The predicted molar refractivity (Wildman–Crippen MR) is 61.5 cm³/mol. The van der Waals surface area contributed by atoms with Crippen LogP contribution in [0.2, 0.25) is 0 Å². The van der Waals surface area contributed by atoms with E-state index in [1.165, 1.54) is 0 Å². The van der Waals surface area contributed by atoms with Gasteiger partial charge >= 0.3 is 0 Å². The molecule has 4 heteroatoms. The second-order valence-electron chi connectivity index (χ2n) is 4.36. The molecule has 0 aromatic heterocycles. The van der Waals surface area contributed by atoms with E-state index in [9.17, 15) is 4.79 Å². The minimum atomic E-state index is 0.115. The quantitative estimate of drug-likeness (QED) is 0.578. The third kappa shape index (κ3) is 5.14. The zero-order chi connectivity index (χ0) is 11.1. The van der Waals surface area contributed by atoms with E-state index in [0.717, 1.165) is 38.6 Å². The van der Waals surface area contributed by atoms with Crippen LogP contribution in [0.25, 0.3) is 0 Å². The predicted octanol–water partition coefficient (Wildman–Crippen LogP) is 0.372. The molecule has 1 rings (SSSR count). The molecule has 0 spiro atoms. The van der Waals surface area contributed by atoms with E-state index in [1.54, 1.807) is 0 Å². The van der Waals surface area contributed by atoms with Crippen molar-refractivity contribution in [3.8, 4) is 0 Å². The number of rotatable bonds is 5. The van der Waals surface area contributed by atoms with Gasteiger partial charge in [0.05, 0.1) is 6.54 Å². The van der Waals surface area contributed by atoms with Crippen LogP contribution in [0.4, 0.5) is 0 Å². The van der Waals surface area contributed by atoms with Gasteiger partial charge < -0.3 is 16.4 Å². The average molecular weight is 213 g/mol. The Bertz CT molecular complexity index is 188. The molecule has 1 aliphatic rings. The number of nitrogens with one attached hydrogen (secondary N) is 2. The molecule has 1 amide bonds. The largest absolute Gasteiger partial charge is 0.352 e. The molecule has 0 aliphatic heterocycles. The molecule has 88 valence electrons. The summed E-state index contributed by atoms with van der Waals surface area (Å²) in [5, 5.41) is 6.14. The van der Waals surface area contributed by atoms with E-state index in [-0.39, 0.29) is 5.91 Å². The van der Waals surface area contributed by atoms with Crippen molar-refractivity contribution in [2.75, 3.05) is 13.1 Å².